The third-order valence-electron chi connectivity index (χ3n) is 4.92. The molecule has 0 N–H and O–H groups in total. The molecule has 0 unspecified atom stereocenters. The van der Waals surface area contributed by atoms with Crippen molar-refractivity contribution in [3.05, 3.63) is 29.8 Å². The predicted octanol–water partition coefficient (Wildman–Crippen LogP) is 2.30. The minimum Gasteiger partial charge on any atom is -0.497 e. The first kappa shape index (κ1) is 20.2. The molecule has 0 spiro atoms. The number of hydrogen-bond acceptors (Lipinski definition) is 6. The van der Waals surface area contributed by atoms with Crippen LogP contribution in [0.2, 0.25) is 0 Å². The van der Waals surface area contributed by atoms with Gasteiger partial charge in [-0.05, 0) is 42.4 Å². The highest BCUT2D eigenvalue weighted by Crippen LogP contribution is 2.27. The molecule has 1 aromatic carbocycles. The Balaban J connectivity index is 1.97. The number of nitrogens with zero attached hydrogens (tertiary/aromatic N) is 1. The molecule has 0 radical (unpaired) electrons. The van der Waals surface area contributed by atoms with Gasteiger partial charge in [0.05, 0.1) is 21.3 Å². The lowest BCUT2D eigenvalue weighted by Crippen LogP contribution is -2.42. The summed E-state index contributed by atoms with van der Waals surface area (Å²) in [4.78, 5) is 25.7. The van der Waals surface area contributed by atoms with Crippen LogP contribution in [0.25, 0.3) is 0 Å². The van der Waals surface area contributed by atoms with Crippen molar-refractivity contribution in [2.24, 2.45) is 11.8 Å². The molecule has 0 saturated carbocycles. The van der Waals surface area contributed by atoms with Gasteiger partial charge in [0.25, 0.3) is 0 Å². The van der Waals surface area contributed by atoms with Crippen LogP contribution >= 0.6 is 0 Å². The van der Waals surface area contributed by atoms with Crippen LogP contribution < -0.4 is 4.74 Å². The Morgan fingerprint density at radius 3 is 2.19 bits per heavy atom. The summed E-state index contributed by atoms with van der Waals surface area (Å²) in [5, 5.41) is 0. The molecule has 6 heteroatoms. The normalized spacial score (nSPS) is 20.4. The van der Waals surface area contributed by atoms with Crippen LogP contribution in [0.5, 0.6) is 5.75 Å². The molecular formula is C20H29NO5. The number of carbonyl (C=O) groups excluding carboxylic acids is 2. The molecule has 1 aliphatic heterocycles. The highest BCUT2D eigenvalue weighted by molar-refractivity contribution is 5.70. The average molecular weight is 363 g/mol. The van der Waals surface area contributed by atoms with Gasteiger partial charge in [-0.25, -0.2) is 0 Å². The lowest BCUT2D eigenvalue weighted by molar-refractivity contribution is -0.143. The van der Waals surface area contributed by atoms with Crippen molar-refractivity contribution < 1.29 is 23.8 Å². The highest BCUT2D eigenvalue weighted by atomic mass is 16.5. The van der Waals surface area contributed by atoms with Crippen molar-refractivity contribution >= 4 is 11.9 Å². The predicted molar refractivity (Wildman–Crippen MR) is 98.0 cm³/mol. The SMILES string of the molecule is COC(=O)C[C@@H]1C[C@H](CC(=O)OC)CN(CCc2cccc(OC)c2)C1. The standard InChI is InChI=1S/C20H29NO5/c1-24-18-6-4-5-15(10-18)7-8-21-13-16(11-19(22)25-2)9-17(14-21)12-20(23)26-3/h4-6,10,16-17H,7-9,11-14H2,1-3H3/t16-,17+. The van der Waals surface area contributed by atoms with E-state index in [1.54, 1.807) is 7.11 Å². The van der Waals surface area contributed by atoms with E-state index in [1.807, 2.05) is 18.2 Å². The largest absolute Gasteiger partial charge is 0.497 e. The van der Waals surface area contributed by atoms with Crippen molar-refractivity contribution in [1.82, 2.24) is 4.90 Å². The van der Waals surface area contributed by atoms with Gasteiger partial charge in [-0.2, -0.15) is 0 Å². The first-order chi connectivity index (χ1) is 12.5. The Bertz CT molecular complexity index is 578. The van der Waals surface area contributed by atoms with E-state index in [0.717, 1.165) is 38.2 Å². The van der Waals surface area contributed by atoms with E-state index in [0.29, 0.717) is 12.8 Å². The number of piperidine rings is 1. The zero-order valence-corrected chi connectivity index (χ0v) is 15.9. The molecule has 1 aliphatic rings. The van der Waals surface area contributed by atoms with Gasteiger partial charge in [-0.15, -0.1) is 0 Å². The molecule has 6 nitrogen and oxygen atoms in total. The Morgan fingerprint density at radius 1 is 1.04 bits per heavy atom. The molecule has 2 atom stereocenters. The van der Waals surface area contributed by atoms with Crippen molar-refractivity contribution in [2.75, 3.05) is 41.0 Å². The Hall–Kier alpha value is -2.08. The Kier molecular flexibility index (Phi) is 7.91. The molecule has 1 fully saturated rings. The topological polar surface area (TPSA) is 65.1 Å². The van der Waals surface area contributed by atoms with Gasteiger partial charge in [0, 0.05) is 32.5 Å². The van der Waals surface area contributed by atoms with Gasteiger partial charge in [-0.3, -0.25) is 9.59 Å². The lowest BCUT2D eigenvalue weighted by Gasteiger charge is -2.37. The second-order valence-electron chi connectivity index (χ2n) is 6.89. The number of esters is 2. The maximum Gasteiger partial charge on any atom is 0.305 e. The average Bonchev–Trinajstić information content (AvgIpc) is 2.66. The summed E-state index contributed by atoms with van der Waals surface area (Å²) in [5.74, 6) is 0.878. The molecular weight excluding hydrogens is 334 g/mol. The van der Waals surface area contributed by atoms with Crippen LogP contribution in [-0.4, -0.2) is 57.8 Å². The van der Waals surface area contributed by atoms with Crippen LogP contribution in [0.1, 0.15) is 24.8 Å². The van der Waals surface area contributed by atoms with Crippen LogP contribution in [0.15, 0.2) is 24.3 Å². The van der Waals surface area contributed by atoms with Crippen LogP contribution in [0.4, 0.5) is 0 Å². The fraction of sp³-hybridized carbons (Fsp3) is 0.600. The summed E-state index contributed by atoms with van der Waals surface area (Å²) < 4.78 is 14.9. The highest BCUT2D eigenvalue weighted by Gasteiger charge is 2.30. The number of carbonyl (C=O) groups is 2. The number of likely N-dealkylation sites (tertiary alicyclic amines) is 1. The second-order valence-corrected chi connectivity index (χ2v) is 6.89. The molecule has 1 aromatic rings. The summed E-state index contributed by atoms with van der Waals surface area (Å²) in [5.41, 5.74) is 1.21. The second kappa shape index (κ2) is 10.2. The third-order valence-corrected chi connectivity index (χ3v) is 4.92. The summed E-state index contributed by atoms with van der Waals surface area (Å²) in [6.07, 6.45) is 2.53. The molecule has 0 aromatic heterocycles. The van der Waals surface area contributed by atoms with Crippen molar-refractivity contribution in [3.8, 4) is 5.75 Å². The minimum atomic E-state index is -0.193. The van der Waals surface area contributed by atoms with Gasteiger partial charge in [0.2, 0.25) is 0 Å². The first-order valence-electron chi connectivity index (χ1n) is 9.03. The molecule has 144 valence electrons. The third kappa shape index (κ3) is 6.33. The monoisotopic (exact) mass is 363 g/mol. The molecule has 1 saturated heterocycles. The van der Waals surface area contributed by atoms with E-state index in [9.17, 15) is 9.59 Å². The maximum atomic E-state index is 11.7. The number of rotatable bonds is 8. The summed E-state index contributed by atoms with van der Waals surface area (Å²) in [7, 11) is 4.49. The zero-order chi connectivity index (χ0) is 18.9. The molecule has 0 amide bonds. The van der Waals surface area contributed by atoms with Crippen molar-refractivity contribution in [2.45, 2.75) is 25.7 Å². The Labute approximate surface area is 155 Å². The van der Waals surface area contributed by atoms with E-state index < -0.39 is 0 Å². The first-order valence-corrected chi connectivity index (χ1v) is 9.03. The molecule has 0 bridgehead atoms. The Morgan fingerprint density at radius 2 is 1.65 bits per heavy atom. The molecule has 1 heterocycles. The van der Waals surface area contributed by atoms with Gasteiger partial charge in [0.1, 0.15) is 5.75 Å². The fourth-order valence-corrected chi connectivity index (χ4v) is 3.66. The van der Waals surface area contributed by atoms with E-state index in [2.05, 4.69) is 11.0 Å². The van der Waals surface area contributed by atoms with E-state index in [-0.39, 0.29) is 23.8 Å². The zero-order valence-electron chi connectivity index (χ0n) is 15.9. The molecule has 0 aliphatic carbocycles. The molecule has 2 rings (SSSR count). The van der Waals surface area contributed by atoms with Crippen LogP contribution in [0.3, 0.4) is 0 Å². The lowest BCUT2D eigenvalue weighted by atomic mass is 9.85. The number of hydrogen-bond donors (Lipinski definition) is 0. The van der Waals surface area contributed by atoms with Gasteiger partial charge < -0.3 is 19.1 Å². The van der Waals surface area contributed by atoms with E-state index in [1.165, 1.54) is 19.8 Å². The number of methoxy groups -OCH3 is 3. The van der Waals surface area contributed by atoms with Crippen molar-refractivity contribution in [3.63, 3.8) is 0 Å². The van der Waals surface area contributed by atoms with Crippen LogP contribution in [-0.2, 0) is 25.5 Å². The van der Waals surface area contributed by atoms with Crippen LogP contribution in [0, 0.1) is 11.8 Å². The van der Waals surface area contributed by atoms with E-state index >= 15 is 0 Å². The quantitative estimate of drug-likeness (QED) is 0.661. The van der Waals surface area contributed by atoms with Crippen molar-refractivity contribution in [1.29, 1.82) is 0 Å². The van der Waals surface area contributed by atoms with Gasteiger partial charge in [0.15, 0.2) is 0 Å². The number of ether oxygens (including phenoxy) is 3. The van der Waals surface area contributed by atoms with Gasteiger partial charge in [-0.1, -0.05) is 12.1 Å². The minimum absolute atomic E-state index is 0.193. The summed E-state index contributed by atoms with van der Waals surface area (Å²) in [6.45, 7) is 2.57. The number of benzene rings is 1. The maximum absolute atomic E-state index is 11.7. The van der Waals surface area contributed by atoms with E-state index in [4.69, 9.17) is 14.2 Å². The fourth-order valence-electron chi connectivity index (χ4n) is 3.66. The summed E-state index contributed by atoms with van der Waals surface area (Å²) >= 11 is 0. The molecule has 26 heavy (non-hydrogen) atoms. The summed E-state index contributed by atoms with van der Waals surface area (Å²) in [6, 6.07) is 8.06. The van der Waals surface area contributed by atoms with Gasteiger partial charge >= 0.3 is 11.9 Å². The smallest absolute Gasteiger partial charge is 0.305 e.